The lowest BCUT2D eigenvalue weighted by atomic mass is 9.88. The highest BCUT2D eigenvalue weighted by atomic mass is 15.1. The fourth-order valence-electron chi connectivity index (χ4n) is 2.87. The Kier molecular flexibility index (Phi) is 3.78. The summed E-state index contributed by atoms with van der Waals surface area (Å²) in [5.41, 5.74) is 2.78. The van der Waals surface area contributed by atoms with Crippen molar-refractivity contribution in [1.82, 2.24) is 5.32 Å². The highest BCUT2D eigenvalue weighted by Gasteiger charge is 2.27. The van der Waals surface area contributed by atoms with Gasteiger partial charge in [-0.3, -0.25) is 4.99 Å². The molecule has 2 aromatic rings. The summed E-state index contributed by atoms with van der Waals surface area (Å²) in [4.78, 5) is 4.68. The van der Waals surface area contributed by atoms with Gasteiger partial charge in [-0.25, -0.2) is 0 Å². The van der Waals surface area contributed by atoms with Crippen molar-refractivity contribution in [3.63, 3.8) is 0 Å². The van der Waals surface area contributed by atoms with Crippen LogP contribution in [0, 0.1) is 0 Å². The zero-order valence-electron chi connectivity index (χ0n) is 12.7. The van der Waals surface area contributed by atoms with Crippen LogP contribution in [0.4, 0.5) is 0 Å². The van der Waals surface area contributed by atoms with E-state index in [1.165, 1.54) is 11.1 Å². The van der Waals surface area contributed by atoms with Gasteiger partial charge in [0.15, 0.2) is 0 Å². The molecule has 0 amide bonds. The Morgan fingerprint density at radius 2 is 1.48 bits per heavy atom. The SMILES string of the molecule is CC1(C)CN=C(CC(c2ccccc2)c2ccccc2)N1. The molecule has 1 heterocycles. The maximum absolute atomic E-state index is 4.68. The lowest BCUT2D eigenvalue weighted by molar-refractivity contribution is 0.503. The number of amidine groups is 1. The lowest BCUT2D eigenvalue weighted by Gasteiger charge is -2.22. The largest absolute Gasteiger partial charge is 0.367 e. The van der Waals surface area contributed by atoms with Crippen LogP contribution in [-0.2, 0) is 0 Å². The van der Waals surface area contributed by atoms with Crippen LogP contribution in [0.2, 0.25) is 0 Å². The van der Waals surface area contributed by atoms with Gasteiger partial charge < -0.3 is 5.32 Å². The van der Waals surface area contributed by atoms with Crippen molar-refractivity contribution in [2.24, 2.45) is 4.99 Å². The molecule has 1 aliphatic heterocycles. The summed E-state index contributed by atoms with van der Waals surface area (Å²) in [6.07, 6.45) is 0.928. The molecule has 0 aromatic heterocycles. The van der Waals surface area contributed by atoms with Crippen molar-refractivity contribution < 1.29 is 0 Å². The normalized spacial score (nSPS) is 16.6. The molecule has 2 nitrogen and oxygen atoms in total. The van der Waals surface area contributed by atoms with Gasteiger partial charge in [0.25, 0.3) is 0 Å². The Bertz CT molecular complexity index is 575. The molecule has 0 atom stereocenters. The van der Waals surface area contributed by atoms with Crippen LogP contribution in [0.25, 0.3) is 0 Å². The monoisotopic (exact) mass is 278 g/mol. The van der Waals surface area contributed by atoms with Crippen LogP contribution >= 0.6 is 0 Å². The van der Waals surface area contributed by atoms with E-state index in [4.69, 9.17) is 0 Å². The summed E-state index contributed by atoms with van der Waals surface area (Å²) in [7, 11) is 0. The van der Waals surface area contributed by atoms with E-state index in [-0.39, 0.29) is 5.54 Å². The molecule has 0 saturated carbocycles. The van der Waals surface area contributed by atoms with Crippen molar-refractivity contribution >= 4 is 5.84 Å². The van der Waals surface area contributed by atoms with Gasteiger partial charge in [-0.15, -0.1) is 0 Å². The highest BCUT2D eigenvalue weighted by molar-refractivity contribution is 5.85. The average molecular weight is 278 g/mol. The summed E-state index contributed by atoms with van der Waals surface area (Å²) in [6.45, 7) is 5.26. The van der Waals surface area contributed by atoms with Gasteiger partial charge in [0, 0.05) is 12.3 Å². The molecule has 3 rings (SSSR count). The number of rotatable bonds is 4. The van der Waals surface area contributed by atoms with Gasteiger partial charge in [-0.2, -0.15) is 0 Å². The Hall–Kier alpha value is -2.09. The minimum absolute atomic E-state index is 0.0905. The third-order valence-electron chi connectivity index (χ3n) is 3.95. The van der Waals surface area contributed by atoms with E-state index in [0.717, 1.165) is 18.8 Å². The van der Waals surface area contributed by atoms with Gasteiger partial charge >= 0.3 is 0 Å². The number of nitrogens with one attached hydrogen (secondary N) is 1. The van der Waals surface area contributed by atoms with Gasteiger partial charge in [-0.05, 0) is 25.0 Å². The van der Waals surface area contributed by atoms with E-state index < -0.39 is 0 Å². The first-order valence-corrected chi connectivity index (χ1v) is 7.55. The number of nitrogens with zero attached hydrogens (tertiary/aromatic N) is 1. The van der Waals surface area contributed by atoms with Gasteiger partial charge in [0.05, 0.1) is 17.9 Å². The zero-order chi connectivity index (χ0) is 14.7. The van der Waals surface area contributed by atoms with Gasteiger partial charge in [-0.1, -0.05) is 60.7 Å². The quantitative estimate of drug-likeness (QED) is 0.898. The molecule has 1 aliphatic rings. The molecule has 0 fully saturated rings. The second-order valence-corrected chi connectivity index (χ2v) is 6.35. The fourth-order valence-corrected chi connectivity index (χ4v) is 2.87. The molecule has 0 bridgehead atoms. The Morgan fingerprint density at radius 3 is 1.90 bits per heavy atom. The molecule has 1 N–H and O–H groups in total. The number of aliphatic imine (C=N–C) groups is 1. The van der Waals surface area contributed by atoms with E-state index in [1.807, 2.05) is 0 Å². The van der Waals surface area contributed by atoms with E-state index in [0.29, 0.717) is 5.92 Å². The molecule has 2 heteroatoms. The summed E-state index contributed by atoms with van der Waals surface area (Å²) in [6, 6.07) is 21.4. The van der Waals surface area contributed by atoms with Crippen molar-refractivity contribution in [1.29, 1.82) is 0 Å². The fraction of sp³-hybridized carbons (Fsp3) is 0.316. The first-order chi connectivity index (χ1) is 10.1. The number of hydrogen-bond donors (Lipinski definition) is 1. The second kappa shape index (κ2) is 5.72. The third kappa shape index (κ3) is 3.33. The topological polar surface area (TPSA) is 24.4 Å². The van der Waals surface area contributed by atoms with E-state index in [1.54, 1.807) is 0 Å². The molecule has 0 spiro atoms. The lowest BCUT2D eigenvalue weighted by Crippen LogP contribution is -2.40. The Labute approximate surface area is 126 Å². The van der Waals surface area contributed by atoms with Crippen molar-refractivity contribution in [2.45, 2.75) is 31.7 Å². The molecular formula is C19H22N2. The van der Waals surface area contributed by atoms with E-state index in [9.17, 15) is 0 Å². The van der Waals surface area contributed by atoms with Crippen LogP contribution in [0.1, 0.15) is 37.3 Å². The maximum Gasteiger partial charge on any atom is 0.0978 e. The molecule has 21 heavy (non-hydrogen) atoms. The first kappa shape index (κ1) is 13.9. The molecule has 2 aromatic carbocycles. The Balaban J connectivity index is 1.87. The minimum Gasteiger partial charge on any atom is -0.367 e. The molecule has 0 radical (unpaired) electrons. The van der Waals surface area contributed by atoms with Crippen LogP contribution in [0.3, 0.4) is 0 Å². The predicted octanol–water partition coefficient (Wildman–Crippen LogP) is 3.99. The molecule has 0 unspecified atom stereocenters. The van der Waals surface area contributed by atoms with Gasteiger partial charge in [0.1, 0.15) is 0 Å². The van der Waals surface area contributed by atoms with E-state index >= 15 is 0 Å². The van der Waals surface area contributed by atoms with Crippen molar-refractivity contribution in [2.75, 3.05) is 6.54 Å². The molecule has 108 valence electrons. The van der Waals surface area contributed by atoms with Crippen molar-refractivity contribution in [3.8, 4) is 0 Å². The maximum atomic E-state index is 4.68. The number of benzene rings is 2. The zero-order valence-corrected chi connectivity index (χ0v) is 12.7. The van der Waals surface area contributed by atoms with Crippen LogP contribution in [0.5, 0.6) is 0 Å². The van der Waals surface area contributed by atoms with Crippen molar-refractivity contribution in [3.05, 3.63) is 71.8 Å². The predicted molar refractivity (Wildman–Crippen MR) is 88.9 cm³/mol. The van der Waals surface area contributed by atoms with Crippen LogP contribution in [-0.4, -0.2) is 17.9 Å². The second-order valence-electron chi connectivity index (χ2n) is 6.35. The standard InChI is InChI=1S/C19H22N2/c1-19(2)14-20-18(21-19)13-17(15-9-5-3-6-10-15)16-11-7-4-8-12-16/h3-12,17H,13-14H2,1-2H3,(H,20,21). The molecule has 0 saturated heterocycles. The summed E-state index contributed by atoms with van der Waals surface area (Å²) in [5.74, 6) is 1.48. The van der Waals surface area contributed by atoms with E-state index in [2.05, 4.69) is 84.8 Å². The van der Waals surface area contributed by atoms with Gasteiger partial charge in [0.2, 0.25) is 0 Å². The van der Waals surface area contributed by atoms with Crippen LogP contribution < -0.4 is 5.32 Å². The number of hydrogen-bond acceptors (Lipinski definition) is 2. The molecular weight excluding hydrogens is 256 g/mol. The summed E-state index contributed by atoms with van der Waals surface area (Å²) < 4.78 is 0. The summed E-state index contributed by atoms with van der Waals surface area (Å²) in [5, 5.41) is 3.55. The molecule has 0 aliphatic carbocycles. The third-order valence-corrected chi connectivity index (χ3v) is 3.95. The average Bonchev–Trinajstić information content (AvgIpc) is 2.86. The first-order valence-electron chi connectivity index (χ1n) is 7.55. The highest BCUT2D eigenvalue weighted by Crippen LogP contribution is 2.29. The smallest absolute Gasteiger partial charge is 0.0978 e. The van der Waals surface area contributed by atoms with Crippen LogP contribution in [0.15, 0.2) is 65.7 Å². The minimum atomic E-state index is 0.0905. The summed E-state index contributed by atoms with van der Waals surface area (Å²) >= 11 is 0. The Morgan fingerprint density at radius 1 is 0.952 bits per heavy atom.